The third kappa shape index (κ3) is 2.95. The number of hydrogen-bond acceptors (Lipinski definition) is 5. The van der Waals surface area contributed by atoms with Gasteiger partial charge in [-0.05, 0) is 42.5 Å². The largest absolute Gasteiger partial charge is 0.298 e. The van der Waals surface area contributed by atoms with Gasteiger partial charge in [0.05, 0.1) is 15.9 Å². The highest BCUT2D eigenvalue weighted by Gasteiger charge is 2.30. The van der Waals surface area contributed by atoms with Gasteiger partial charge in [-0.3, -0.25) is 24.6 Å². The van der Waals surface area contributed by atoms with Gasteiger partial charge in [0, 0.05) is 18.4 Å². The smallest absolute Gasteiger partial charge is 0.257 e. The molecule has 3 amide bonds. The lowest BCUT2D eigenvalue weighted by molar-refractivity contribution is -0.121. The minimum Gasteiger partial charge on any atom is -0.298 e. The number of anilines is 2. The molecule has 1 N–H and O–H groups in total. The second-order valence-electron chi connectivity index (χ2n) is 5.75. The van der Waals surface area contributed by atoms with Crippen molar-refractivity contribution in [3.63, 3.8) is 0 Å². The van der Waals surface area contributed by atoms with Crippen molar-refractivity contribution < 1.29 is 18.8 Å². The van der Waals surface area contributed by atoms with Gasteiger partial charge >= 0.3 is 0 Å². The first kappa shape index (κ1) is 16.3. The number of amides is 3. The van der Waals surface area contributed by atoms with Crippen molar-refractivity contribution in [1.29, 1.82) is 0 Å². The molecule has 1 saturated heterocycles. The Balaban J connectivity index is 1.52. The first-order valence-electron chi connectivity index (χ1n) is 7.84. The number of benzene rings is 2. The number of nitrogens with zero attached hydrogens (tertiary/aromatic N) is 2. The molecule has 1 aliphatic heterocycles. The molecule has 1 aliphatic rings. The number of carbonyl (C=O) groups excluding carboxylic acids is 3. The molecule has 2 heterocycles. The Kier molecular flexibility index (Phi) is 3.96. The summed E-state index contributed by atoms with van der Waals surface area (Å²) in [5, 5.41) is 3.04. The number of nitrogens with one attached hydrogen (secondary N) is 1. The summed E-state index contributed by atoms with van der Waals surface area (Å²) in [7, 11) is 0. The maximum Gasteiger partial charge on any atom is 0.257 e. The predicted molar refractivity (Wildman–Crippen MR) is 95.7 cm³/mol. The molecule has 4 rings (SSSR count). The van der Waals surface area contributed by atoms with Gasteiger partial charge in [0.15, 0.2) is 5.13 Å². The third-order valence-electron chi connectivity index (χ3n) is 4.01. The topological polar surface area (TPSA) is 79.4 Å². The molecule has 0 radical (unpaired) electrons. The summed E-state index contributed by atoms with van der Waals surface area (Å²) in [6.45, 7) is 0. The van der Waals surface area contributed by atoms with E-state index in [1.165, 1.54) is 35.6 Å². The highest BCUT2D eigenvalue weighted by molar-refractivity contribution is 7.22. The van der Waals surface area contributed by atoms with Crippen LogP contribution >= 0.6 is 11.3 Å². The van der Waals surface area contributed by atoms with Crippen LogP contribution in [0, 0.1) is 5.82 Å². The van der Waals surface area contributed by atoms with Crippen LogP contribution in [-0.4, -0.2) is 22.7 Å². The van der Waals surface area contributed by atoms with Crippen LogP contribution in [0.25, 0.3) is 10.2 Å². The molecule has 1 aromatic heterocycles. The number of halogens is 1. The van der Waals surface area contributed by atoms with Crippen LogP contribution in [0.15, 0.2) is 42.5 Å². The molecule has 6 nitrogen and oxygen atoms in total. The van der Waals surface area contributed by atoms with Gasteiger partial charge in [-0.2, -0.15) is 0 Å². The lowest BCUT2D eigenvalue weighted by atomic mass is 10.2. The molecule has 130 valence electrons. The lowest BCUT2D eigenvalue weighted by Crippen LogP contribution is -2.28. The molecular formula is C18H12FN3O3S. The maximum absolute atomic E-state index is 13.2. The zero-order valence-electron chi connectivity index (χ0n) is 13.4. The number of hydrogen-bond donors (Lipinski definition) is 1. The number of fused-ring (bicyclic) bond motifs is 1. The Hall–Kier alpha value is -3.13. The summed E-state index contributed by atoms with van der Waals surface area (Å²) in [5.41, 5.74) is 1.41. The molecule has 1 fully saturated rings. The molecular weight excluding hydrogens is 357 g/mol. The number of rotatable bonds is 3. The van der Waals surface area contributed by atoms with Gasteiger partial charge in [0.25, 0.3) is 5.91 Å². The van der Waals surface area contributed by atoms with Crippen LogP contribution in [0.5, 0.6) is 0 Å². The fourth-order valence-electron chi connectivity index (χ4n) is 2.75. The van der Waals surface area contributed by atoms with E-state index < -0.39 is 0 Å². The molecule has 0 bridgehead atoms. The van der Waals surface area contributed by atoms with Crippen LogP contribution in [0.1, 0.15) is 23.2 Å². The van der Waals surface area contributed by atoms with Crippen molar-refractivity contribution in [2.24, 2.45) is 0 Å². The number of aromatic nitrogens is 1. The molecule has 3 aromatic rings. The molecule has 26 heavy (non-hydrogen) atoms. The molecule has 0 saturated carbocycles. The normalized spacial score (nSPS) is 14.3. The van der Waals surface area contributed by atoms with Gasteiger partial charge in [-0.25, -0.2) is 9.37 Å². The maximum atomic E-state index is 13.2. The Morgan fingerprint density at radius 2 is 1.77 bits per heavy atom. The van der Waals surface area contributed by atoms with E-state index in [4.69, 9.17) is 0 Å². The van der Waals surface area contributed by atoms with Crippen molar-refractivity contribution in [2.75, 3.05) is 10.2 Å². The highest BCUT2D eigenvalue weighted by atomic mass is 32.1. The number of imide groups is 1. The van der Waals surface area contributed by atoms with E-state index in [1.807, 2.05) is 0 Å². The van der Waals surface area contributed by atoms with Crippen molar-refractivity contribution in [2.45, 2.75) is 12.8 Å². The Morgan fingerprint density at radius 3 is 2.46 bits per heavy atom. The summed E-state index contributed by atoms with van der Waals surface area (Å²) in [6.07, 6.45) is 0.415. The van der Waals surface area contributed by atoms with Crippen molar-refractivity contribution in [3.05, 3.63) is 53.8 Å². The van der Waals surface area contributed by atoms with E-state index >= 15 is 0 Å². The number of thiazole rings is 1. The third-order valence-corrected chi connectivity index (χ3v) is 4.94. The molecule has 8 heteroatoms. The fraction of sp³-hybridized carbons (Fsp3) is 0.111. The summed E-state index contributed by atoms with van der Waals surface area (Å²) in [5.74, 6) is -1.22. The average molecular weight is 369 g/mol. The van der Waals surface area contributed by atoms with Crippen LogP contribution in [0.2, 0.25) is 0 Å². The van der Waals surface area contributed by atoms with Gasteiger partial charge in [0.1, 0.15) is 5.82 Å². The number of carbonyl (C=O) groups is 3. The van der Waals surface area contributed by atoms with E-state index in [9.17, 15) is 18.8 Å². The summed E-state index contributed by atoms with van der Waals surface area (Å²) in [6, 6.07) is 10.4. The summed E-state index contributed by atoms with van der Waals surface area (Å²) >= 11 is 1.18. The van der Waals surface area contributed by atoms with Gasteiger partial charge in [0.2, 0.25) is 11.8 Å². The van der Waals surface area contributed by atoms with E-state index in [2.05, 4.69) is 10.3 Å². The highest BCUT2D eigenvalue weighted by Crippen LogP contribution is 2.27. The van der Waals surface area contributed by atoms with Crippen LogP contribution in [0.3, 0.4) is 0 Å². The van der Waals surface area contributed by atoms with Crippen molar-refractivity contribution in [3.8, 4) is 0 Å². The van der Waals surface area contributed by atoms with E-state index in [0.717, 1.165) is 4.90 Å². The SMILES string of the molecule is O=C(Nc1nc2ccc(F)cc2s1)c1ccc(N2C(=O)CCC2=O)cc1. The zero-order valence-corrected chi connectivity index (χ0v) is 14.2. The summed E-state index contributed by atoms with van der Waals surface area (Å²) < 4.78 is 13.9. The lowest BCUT2D eigenvalue weighted by Gasteiger charge is -2.13. The standard InChI is InChI=1S/C18H12FN3O3S/c19-11-3-6-13-14(9-11)26-18(20-13)21-17(25)10-1-4-12(5-2-10)22-15(23)7-8-16(22)24/h1-6,9H,7-8H2,(H,20,21,25). The first-order chi connectivity index (χ1) is 12.5. The van der Waals surface area contributed by atoms with Crippen LogP contribution in [-0.2, 0) is 9.59 Å². The van der Waals surface area contributed by atoms with Gasteiger partial charge in [-0.15, -0.1) is 0 Å². The van der Waals surface area contributed by atoms with Crippen LogP contribution < -0.4 is 10.2 Å². The predicted octanol–water partition coefficient (Wildman–Crippen LogP) is 3.34. The summed E-state index contributed by atoms with van der Waals surface area (Å²) in [4.78, 5) is 41.2. The van der Waals surface area contributed by atoms with Crippen molar-refractivity contribution >= 4 is 50.1 Å². The molecule has 2 aromatic carbocycles. The molecule has 0 spiro atoms. The Labute approximate surface area is 151 Å². The molecule has 0 atom stereocenters. The van der Waals surface area contributed by atoms with E-state index in [0.29, 0.717) is 26.6 Å². The van der Waals surface area contributed by atoms with Crippen LogP contribution in [0.4, 0.5) is 15.2 Å². The zero-order chi connectivity index (χ0) is 18.3. The Morgan fingerprint density at radius 1 is 1.08 bits per heavy atom. The van der Waals surface area contributed by atoms with Crippen molar-refractivity contribution in [1.82, 2.24) is 4.98 Å². The first-order valence-corrected chi connectivity index (χ1v) is 8.66. The average Bonchev–Trinajstić information content (AvgIpc) is 3.17. The Bertz CT molecular complexity index is 1030. The van der Waals surface area contributed by atoms with Gasteiger partial charge in [-0.1, -0.05) is 11.3 Å². The van der Waals surface area contributed by atoms with Gasteiger partial charge < -0.3 is 0 Å². The van der Waals surface area contributed by atoms with E-state index in [1.54, 1.807) is 18.2 Å². The van der Waals surface area contributed by atoms with E-state index in [-0.39, 0.29) is 36.4 Å². The minimum absolute atomic E-state index is 0.208. The molecule has 0 aliphatic carbocycles. The molecule has 0 unspecified atom stereocenters. The second-order valence-corrected chi connectivity index (χ2v) is 6.79. The fourth-order valence-corrected chi connectivity index (χ4v) is 3.63. The second kappa shape index (κ2) is 6.30. The minimum atomic E-state index is -0.379. The quantitative estimate of drug-likeness (QED) is 0.718. The monoisotopic (exact) mass is 369 g/mol.